The molecule has 2 rings (SSSR count). The Bertz CT molecular complexity index is 607. The van der Waals surface area contributed by atoms with E-state index in [0.29, 0.717) is 0 Å². The molecule has 0 bridgehead atoms. The lowest BCUT2D eigenvalue weighted by Gasteiger charge is -2.25. The quantitative estimate of drug-likeness (QED) is 0.547. The van der Waals surface area contributed by atoms with E-state index in [0.717, 1.165) is 6.20 Å². The normalized spacial score (nSPS) is 20.8. The van der Waals surface area contributed by atoms with Crippen LogP contribution in [0.25, 0.3) is 0 Å². The molecule has 3 N–H and O–H groups in total. The number of hydrazine groups is 1. The highest BCUT2D eigenvalue weighted by Gasteiger charge is 2.40. The minimum atomic E-state index is -3.15. The van der Waals surface area contributed by atoms with Crippen molar-refractivity contribution in [1.29, 1.82) is 0 Å². The van der Waals surface area contributed by atoms with Gasteiger partial charge in [-0.2, -0.15) is 5.10 Å². The molecule has 1 aromatic heterocycles. The Labute approximate surface area is 129 Å². The summed E-state index contributed by atoms with van der Waals surface area (Å²) >= 11 is 0. The number of aryl methyl sites for hydroxylation is 1. The van der Waals surface area contributed by atoms with E-state index in [1.807, 2.05) is 5.43 Å². The molecule has 1 unspecified atom stereocenters. The highest BCUT2D eigenvalue weighted by molar-refractivity contribution is 5.63. The third kappa shape index (κ3) is 4.03. The molecule has 1 amide bonds. The summed E-state index contributed by atoms with van der Waals surface area (Å²) in [6.07, 6.45) is -0.773. The molecular formula is C11H16F2N6O4. The van der Waals surface area contributed by atoms with Gasteiger partial charge in [0.2, 0.25) is 5.82 Å². The van der Waals surface area contributed by atoms with Crippen LogP contribution in [0.15, 0.2) is 6.20 Å². The highest BCUT2D eigenvalue weighted by atomic mass is 19.3. The van der Waals surface area contributed by atoms with Crippen LogP contribution in [0, 0.1) is 10.1 Å². The van der Waals surface area contributed by atoms with E-state index in [-0.39, 0.29) is 24.5 Å². The molecule has 1 aliphatic heterocycles. The van der Waals surface area contributed by atoms with E-state index in [1.54, 1.807) is 0 Å². The molecule has 12 heteroatoms. The highest BCUT2D eigenvalue weighted by Crippen LogP contribution is 2.33. The molecule has 1 fully saturated rings. The van der Waals surface area contributed by atoms with Gasteiger partial charge in [-0.15, -0.1) is 0 Å². The van der Waals surface area contributed by atoms with E-state index in [2.05, 4.69) is 10.5 Å². The molecule has 1 aromatic rings. The van der Waals surface area contributed by atoms with Crippen molar-refractivity contribution in [1.82, 2.24) is 20.6 Å². The smallest absolute Gasteiger partial charge is 0.419 e. The number of halogens is 2. The van der Waals surface area contributed by atoms with Gasteiger partial charge in [-0.25, -0.2) is 23.7 Å². The van der Waals surface area contributed by atoms with Crippen molar-refractivity contribution in [3.05, 3.63) is 16.3 Å². The zero-order valence-electron chi connectivity index (χ0n) is 12.2. The summed E-state index contributed by atoms with van der Waals surface area (Å²) in [5, 5.41) is 23.3. The fourth-order valence-electron chi connectivity index (χ4n) is 2.58. The van der Waals surface area contributed by atoms with E-state index in [4.69, 9.17) is 5.11 Å². The van der Waals surface area contributed by atoms with Crippen molar-refractivity contribution < 1.29 is 23.6 Å². The number of rotatable bonds is 4. The summed E-state index contributed by atoms with van der Waals surface area (Å²) in [4.78, 5) is 22.0. The van der Waals surface area contributed by atoms with Crippen molar-refractivity contribution in [2.75, 3.05) is 18.0 Å². The van der Waals surface area contributed by atoms with Gasteiger partial charge in [0.15, 0.2) is 0 Å². The van der Waals surface area contributed by atoms with Gasteiger partial charge < -0.3 is 10.0 Å². The predicted molar refractivity (Wildman–Crippen MR) is 74.3 cm³/mol. The zero-order chi connectivity index (χ0) is 17.2. The molecule has 1 saturated heterocycles. The van der Waals surface area contributed by atoms with E-state index in [1.165, 1.54) is 16.6 Å². The number of carbonyl (C=O) groups is 1. The molecule has 1 atom stereocenters. The molecule has 0 saturated carbocycles. The number of carboxylic acid groups (broad SMARTS) is 1. The molecule has 10 nitrogen and oxygen atoms in total. The second kappa shape index (κ2) is 6.32. The Morgan fingerprint density at radius 3 is 2.91 bits per heavy atom. The summed E-state index contributed by atoms with van der Waals surface area (Å²) in [5.41, 5.74) is 3.83. The largest absolute Gasteiger partial charge is 0.464 e. The molecule has 0 spiro atoms. The fraction of sp³-hybridized carbons (Fsp3) is 0.636. The number of alkyl halides is 2. The second-order valence-corrected chi connectivity index (χ2v) is 5.28. The van der Waals surface area contributed by atoms with Gasteiger partial charge in [-0.1, -0.05) is 0 Å². The minimum absolute atomic E-state index is 0.00141. The maximum atomic E-state index is 14.1. The average molecular weight is 334 g/mol. The first-order chi connectivity index (χ1) is 10.7. The second-order valence-electron chi connectivity index (χ2n) is 5.28. The number of anilines is 1. The standard InChI is InChI=1S/C11H16F2N6O4/c1-17-9(8(5-14-17)19(22)23)18-3-2-7(15-16-10(20)21)4-11(12,13)6-18/h5,7,15-16H,2-4,6H2,1H3,(H,20,21). The molecule has 1 aliphatic rings. The van der Waals surface area contributed by atoms with Gasteiger partial charge in [0.25, 0.3) is 5.92 Å². The van der Waals surface area contributed by atoms with Crippen LogP contribution >= 0.6 is 0 Å². The lowest BCUT2D eigenvalue weighted by Crippen LogP contribution is -2.45. The van der Waals surface area contributed by atoms with E-state index in [9.17, 15) is 23.7 Å². The molecule has 0 aliphatic carbocycles. The van der Waals surface area contributed by atoms with Gasteiger partial charge in [0.05, 0.1) is 11.5 Å². The molecule has 0 radical (unpaired) electrons. The Morgan fingerprint density at radius 2 is 2.30 bits per heavy atom. The topological polar surface area (TPSA) is 126 Å². The first kappa shape index (κ1) is 16.9. The first-order valence-corrected chi connectivity index (χ1v) is 6.73. The van der Waals surface area contributed by atoms with Crippen LogP contribution in [0.3, 0.4) is 0 Å². The molecule has 23 heavy (non-hydrogen) atoms. The zero-order valence-corrected chi connectivity index (χ0v) is 12.2. The summed E-state index contributed by atoms with van der Waals surface area (Å²) in [7, 11) is 1.44. The van der Waals surface area contributed by atoms with Crippen molar-refractivity contribution in [2.24, 2.45) is 7.05 Å². The van der Waals surface area contributed by atoms with Gasteiger partial charge >= 0.3 is 11.8 Å². The van der Waals surface area contributed by atoms with Crippen LogP contribution in [-0.2, 0) is 7.05 Å². The monoisotopic (exact) mass is 334 g/mol. The third-order valence-corrected chi connectivity index (χ3v) is 3.48. The third-order valence-electron chi connectivity index (χ3n) is 3.48. The van der Waals surface area contributed by atoms with Crippen LogP contribution in [0.1, 0.15) is 12.8 Å². The maximum absolute atomic E-state index is 14.1. The summed E-state index contributed by atoms with van der Waals surface area (Å²) in [6.45, 7) is -0.618. The lowest BCUT2D eigenvalue weighted by molar-refractivity contribution is -0.384. The lowest BCUT2D eigenvalue weighted by atomic mass is 10.1. The maximum Gasteiger partial charge on any atom is 0.419 e. The van der Waals surface area contributed by atoms with Crippen molar-refractivity contribution >= 4 is 17.6 Å². The van der Waals surface area contributed by atoms with E-state index >= 15 is 0 Å². The number of aromatic nitrogens is 2. The van der Waals surface area contributed by atoms with Crippen molar-refractivity contribution in [2.45, 2.75) is 24.8 Å². The summed E-state index contributed by atoms with van der Waals surface area (Å²) < 4.78 is 29.4. The minimum Gasteiger partial charge on any atom is -0.464 e. The number of hydrogen-bond acceptors (Lipinski definition) is 6. The van der Waals surface area contributed by atoms with Crippen molar-refractivity contribution in [3.63, 3.8) is 0 Å². The van der Waals surface area contributed by atoms with Crippen LogP contribution in [0.5, 0.6) is 0 Å². The Kier molecular flexibility index (Phi) is 4.63. The number of nitrogens with zero attached hydrogens (tertiary/aromatic N) is 4. The Hall–Kier alpha value is -2.50. The van der Waals surface area contributed by atoms with E-state index < -0.39 is 35.9 Å². The Balaban J connectivity index is 2.21. The summed E-state index contributed by atoms with van der Waals surface area (Å²) in [6, 6.07) is -0.793. The average Bonchev–Trinajstić information content (AvgIpc) is 2.74. The molecule has 2 heterocycles. The van der Waals surface area contributed by atoms with Gasteiger partial charge in [0.1, 0.15) is 6.20 Å². The number of nitrogens with one attached hydrogen (secondary N) is 2. The number of hydrogen-bond donors (Lipinski definition) is 3. The van der Waals surface area contributed by atoms with Crippen LogP contribution in [0.4, 0.5) is 25.1 Å². The first-order valence-electron chi connectivity index (χ1n) is 6.73. The SMILES string of the molecule is Cn1ncc([N+](=O)[O-])c1N1CCC(NNC(=O)O)CC(F)(F)C1. The summed E-state index contributed by atoms with van der Waals surface area (Å²) in [5.74, 6) is -3.14. The van der Waals surface area contributed by atoms with Crippen LogP contribution in [-0.4, -0.2) is 51.0 Å². The predicted octanol–water partition coefficient (Wildman–Crippen LogP) is 0.705. The number of nitro groups is 1. The molecule has 128 valence electrons. The van der Waals surface area contributed by atoms with Gasteiger partial charge in [-0.3, -0.25) is 15.5 Å². The van der Waals surface area contributed by atoms with Crippen LogP contribution < -0.4 is 15.8 Å². The van der Waals surface area contributed by atoms with Crippen LogP contribution in [0.2, 0.25) is 0 Å². The molecular weight excluding hydrogens is 318 g/mol. The van der Waals surface area contributed by atoms with Crippen molar-refractivity contribution in [3.8, 4) is 0 Å². The fourth-order valence-corrected chi connectivity index (χ4v) is 2.58. The molecule has 0 aromatic carbocycles. The van der Waals surface area contributed by atoms with Gasteiger partial charge in [-0.05, 0) is 6.42 Å². The van der Waals surface area contributed by atoms with Gasteiger partial charge in [0, 0.05) is 26.1 Å². The number of amides is 1. The Morgan fingerprint density at radius 1 is 1.61 bits per heavy atom.